The van der Waals surface area contributed by atoms with E-state index in [2.05, 4.69) is 21.2 Å². The van der Waals surface area contributed by atoms with E-state index in [0.29, 0.717) is 17.3 Å². The molecule has 2 amide bonds. The third-order valence-corrected chi connectivity index (χ3v) is 4.20. The summed E-state index contributed by atoms with van der Waals surface area (Å²) < 4.78 is 14.3. The summed E-state index contributed by atoms with van der Waals surface area (Å²) in [5.74, 6) is -0.472. The molecule has 0 aliphatic heterocycles. The van der Waals surface area contributed by atoms with Gasteiger partial charge >= 0.3 is 6.03 Å². The van der Waals surface area contributed by atoms with E-state index in [1.54, 1.807) is 18.0 Å². The topological polar surface area (TPSA) is 52.6 Å². The van der Waals surface area contributed by atoms with Gasteiger partial charge in [0.25, 0.3) is 0 Å². The molecular weight excluding hydrogens is 327 g/mol. The second-order valence-electron chi connectivity index (χ2n) is 5.13. The van der Waals surface area contributed by atoms with E-state index in [1.807, 2.05) is 0 Å². The third kappa shape index (κ3) is 3.70. The fourth-order valence-corrected chi connectivity index (χ4v) is 2.74. The second kappa shape index (κ2) is 6.54. The number of anilines is 1. The Kier molecular flexibility index (Phi) is 4.99. The van der Waals surface area contributed by atoms with Gasteiger partial charge in [0, 0.05) is 17.6 Å². The van der Waals surface area contributed by atoms with Gasteiger partial charge in [-0.05, 0) is 43.9 Å². The first-order valence-corrected chi connectivity index (χ1v) is 7.43. The largest absolute Gasteiger partial charge is 0.393 e. The van der Waals surface area contributed by atoms with Gasteiger partial charge in [0.05, 0.1) is 11.8 Å². The maximum atomic E-state index is 13.7. The molecular formula is C14H18BrFN2O2. The monoisotopic (exact) mass is 344 g/mol. The van der Waals surface area contributed by atoms with E-state index in [0.717, 1.165) is 12.8 Å². The van der Waals surface area contributed by atoms with Gasteiger partial charge in [-0.1, -0.05) is 15.9 Å². The Morgan fingerprint density at radius 1 is 1.40 bits per heavy atom. The van der Waals surface area contributed by atoms with Crippen molar-refractivity contribution in [1.82, 2.24) is 4.90 Å². The van der Waals surface area contributed by atoms with Gasteiger partial charge in [-0.25, -0.2) is 9.18 Å². The highest BCUT2D eigenvalue weighted by atomic mass is 79.9. The zero-order valence-corrected chi connectivity index (χ0v) is 12.9. The highest BCUT2D eigenvalue weighted by molar-refractivity contribution is 9.10. The van der Waals surface area contributed by atoms with Crippen molar-refractivity contribution in [2.45, 2.75) is 37.8 Å². The number of amides is 2. The van der Waals surface area contributed by atoms with Crippen LogP contribution in [0, 0.1) is 5.82 Å². The van der Waals surface area contributed by atoms with Gasteiger partial charge in [-0.3, -0.25) is 0 Å². The Hall–Kier alpha value is -1.14. The minimum atomic E-state index is -0.472. The summed E-state index contributed by atoms with van der Waals surface area (Å²) in [5, 5.41) is 12.0. The van der Waals surface area contributed by atoms with Crippen LogP contribution in [-0.4, -0.2) is 35.2 Å². The van der Waals surface area contributed by atoms with E-state index < -0.39 is 5.82 Å². The van der Waals surface area contributed by atoms with Crippen molar-refractivity contribution in [2.75, 3.05) is 12.4 Å². The van der Waals surface area contributed by atoms with Crippen LogP contribution in [0.5, 0.6) is 0 Å². The molecule has 0 radical (unpaired) electrons. The fraction of sp³-hybridized carbons (Fsp3) is 0.500. The van der Waals surface area contributed by atoms with E-state index in [4.69, 9.17) is 0 Å². The molecule has 1 fully saturated rings. The molecule has 0 unspecified atom stereocenters. The molecule has 20 heavy (non-hydrogen) atoms. The van der Waals surface area contributed by atoms with Crippen LogP contribution >= 0.6 is 15.9 Å². The van der Waals surface area contributed by atoms with Gasteiger partial charge in [-0.15, -0.1) is 0 Å². The molecule has 0 saturated heterocycles. The number of urea groups is 1. The lowest BCUT2D eigenvalue weighted by atomic mass is 9.92. The van der Waals surface area contributed by atoms with Crippen LogP contribution in [0.4, 0.5) is 14.9 Å². The van der Waals surface area contributed by atoms with Crippen molar-refractivity contribution in [3.05, 3.63) is 28.5 Å². The summed E-state index contributed by atoms with van der Waals surface area (Å²) in [4.78, 5) is 13.7. The Bertz CT molecular complexity index is 490. The van der Waals surface area contributed by atoms with Crippen LogP contribution < -0.4 is 5.32 Å². The zero-order valence-electron chi connectivity index (χ0n) is 11.3. The maximum Gasteiger partial charge on any atom is 0.321 e. The van der Waals surface area contributed by atoms with Crippen LogP contribution in [-0.2, 0) is 0 Å². The van der Waals surface area contributed by atoms with E-state index in [9.17, 15) is 14.3 Å². The number of benzene rings is 1. The van der Waals surface area contributed by atoms with E-state index >= 15 is 0 Å². The van der Waals surface area contributed by atoms with Crippen molar-refractivity contribution >= 4 is 27.6 Å². The number of carbonyl (C=O) groups is 1. The minimum absolute atomic E-state index is 0.0944. The molecule has 1 aliphatic rings. The Morgan fingerprint density at radius 3 is 2.65 bits per heavy atom. The molecule has 1 aromatic rings. The average molecular weight is 345 g/mol. The molecule has 4 nitrogen and oxygen atoms in total. The molecule has 2 N–H and O–H groups in total. The number of nitrogens with zero attached hydrogens (tertiary/aromatic N) is 1. The first-order valence-electron chi connectivity index (χ1n) is 6.64. The fourth-order valence-electron chi connectivity index (χ4n) is 2.41. The molecule has 6 heteroatoms. The predicted octanol–water partition coefficient (Wildman–Crippen LogP) is 3.36. The molecule has 0 atom stereocenters. The SMILES string of the molecule is CN(C(=O)Nc1ccc(Br)cc1F)[C@H]1CC[C@@H](O)CC1. The normalized spacial score (nSPS) is 22.4. The van der Waals surface area contributed by atoms with Gasteiger partial charge in [-0.2, -0.15) is 0 Å². The quantitative estimate of drug-likeness (QED) is 0.864. The van der Waals surface area contributed by atoms with Gasteiger partial charge in [0.15, 0.2) is 0 Å². The first kappa shape index (κ1) is 15.3. The summed E-state index contributed by atoms with van der Waals surface area (Å²) in [7, 11) is 1.70. The maximum absolute atomic E-state index is 13.7. The van der Waals surface area contributed by atoms with Gasteiger partial charge in [0.1, 0.15) is 5.82 Å². The highest BCUT2D eigenvalue weighted by Gasteiger charge is 2.25. The lowest BCUT2D eigenvalue weighted by Crippen LogP contribution is -2.42. The predicted molar refractivity (Wildman–Crippen MR) is 79.1 cm³/mol. The number of hydrogen-bond donors (Lipinski definition) is 2. The van der Waals surface area contributed by atoms with Crippen LogP contribution in [0.3, 0.4) is 0 Å². The molecule has 0 bridgehead atoms. The Balaban J connectivity index is 1.97. The lowest BCUT2D eigenvalue weighted by Gasteiger charge is -2.33. The standard InChI is InChI=1S/C14H18BrFN2O2/c1-18(10-3-5-11(19)6-4-10)14(20)17-13-7-2-9(15)8-12(13)16/h2,7-8,10-11,19H,3-6H2,1H3,(H,17,20)/t10-,11+. The highest BCUT2D eigenvalue weighted by Crippen LogP contribution is 2.24. The molecule has 2 rings (SSSR count). The minimum Gasteiger partial charge on any atom is -0.393 e. The van der Waals surface area contributed by atoms with Crippen LogP contribution in [0.1, 0.15) is 25.7 Å². The van der Waals surface area contributed by atoms with Crippen molar-refractivity contribution < 1.29 is 14.3 Å². The Morgan fingerprint density at radius 2 is 2.05 bits per heavy atom. The zero-order chi connectivity index (χ0) is 14.7. The third-order valence-electron chi connectivity index (χ3n) is 3.71. The number of halogens is 2. The summed E-state index contributed by atoms with van der Waals surface area (Å²) >= 11 is 3.17. The number of rotatable bonds is 2. The van der Waals surface area contributed by atoms with Gasteiger partial charge in [0.2, 0.25) is 0 Å². The van der Waals surface area contributed by atoms with Crippen molar-refractivity contribution in [3.8, 4) is 0 Å². The molecule has 0 spiro atoms. The van der Waals surface area contributed by atoms with Crippen molar-refractivity contribution in [3.63, 3.8) is 0 Å². The molecule has 0 heterocycles. The second-order valence-corrected chi connectivity index (χ2v) is 6.04. The van der Waals surface area contributed by atoms with Gasteiger partial charge < -0.3 is 15.3 Å². The van der Waals surface area contributed by atoms with Crippen LogP contribution in [0.25, 0.3) is 0 Å². The number of aliphatic hydroxyl groups is 1. The number of nitrogens with one attached hydrogen (secondary N) is 1. The first-order chi connectivity index (χ1) is 9.47. The van der Waals surface area contributed by atoms with Crippen molar-refractivity contribution in [1.29, 1.82) is 0 Å². The molecule has 1 aliphatic carbocycles. The number of carbonyl (C=O) groups excluding carboxylic acids is 1. The van der Waals surface area contributed by atoms with Crippen molar-refractivity contribution in [2.24, 2.45) is 0 Å². The molecule has 110 valence electrons. The summed E-state index contributed by atoms with van der Waals surface area (Å²) in [5.41, 5.74) is 0.167. The average Bonchev–Trinajstić information content (AvgIpc) is 2.42. The van der Waals surface area contributed by atoms with E-state index in [-0.39, 0.29) is 23.9 Å². The summed E-state index contributed by atoms with van der Waals surface area (Å²) in [6, 6.07) is 4.28. The molecule has 1 saturated carbocycles. The summed E-state index contributed by atoms with van der Waals surface area (Å²) in [6.45, 7) is 0. The lowest BCUT2D eigenvalue weighted by molar-refractivity contribution is 0.0942. The number of aliphatic hydroxyl groups excluding tert-OH is 1. The smallest absolute Gasteiger partial charge is 0.321 e. The molecule has 1 aromatic carbocycles. The van der Waals surface area contributed by atoms with Crippen LogP contribution in [0.2, 0.25) is 0 Å². The molecule has 0 aromatic heterocycles. The Labute approximate surface area is 126 Å². The summed E-state index contributed by atoms with van der Waals surface area (Å²) in [6.07, 6.45) is 2.69. The van der Waals surface area contributed by atoms with E-state index in [1.165, 1.54) is 12.1 Å². The van der Waals surface area contributed by atoms with Crippen LogP contribution in [0.15, 0.2) is 22.7 Å². The number of hydrogen-bond acceptors (Lipinski definition) is 2.